The van der Waals surface area contributed by atoms with Crippen LogP contribution in [-0.4, -0.2) is 29.6 Å². The van der Waals surface area contributed by atoms with Gasteiger partial charge in [0.05, 0.1) is 0 Å². The summed E-state index contributed by atoms with van der Waals surface area (Å²) in [4.78, 5) is 2.49. The number of aliphatic hydroxyl groups is 1. The minimum absolute atomic E-state index is 0.283. The van der Waals surface area contributed by atoms with Gasteiger partial charge in [-0.25, -0.2) is 4.39 Å². The van der Waals surface area contributed by atoms with Gasteiger partial charge in [0.25, 0.3) is 0 Å². The first-order valence-corrected chi connectivity index (χ1v) is 10.1. The molecule has 0 heterocycles. The van der Waals surface area contributed by atoms with Crippen LogP contribution in [0, 0.1) is 17.7 Å². The molecule has 0 saturated heterocycles. The number of hydrogen-bond donors (Lipinski definition) is 1. The highest BCUT2D eigenvalue weighted by molar-refractivity contribution is 5.36. The molecule has 0 amide bonds. The van der Waals surface area contributed by atoms with Crippen LogP contribution in [0.1, 0.15) is 51.7 Å². The fourth-order valence-corrected chi connectivity index (χ4v) is 3.74. The third-order valence-corrected chi connectivity index (χ3v) is 4.83. The van der Waals surface area contributed by atoms with Crippen molar-refractivity contribution in [2.75, 3.05) is 19.6 Å². The van der Waals surface area contributed by atoms with Crippen LogP contribution >= 0.6 is 0 Å². The van der Waals surface area contributed by atoms with Gasteiger partial charge in [0.15, 0.2) is 0 Å². The second-order valence-corrected chi connectivity index (χ2v) is 8.38. The summed E-state index contributed by atoms with van der Waals surface area (Å²) in [7, 11) is 0. The number of rotatable bonds is 10. The molecule has 2 nitrogen and oxygen atoms in total. The van der Waals surface area contributed by atoms with Crippen molar-refractivity contribution >= 4 is 0 Å². The fourth-order valence-electron chi connectivity index (χ4n) is 3.74. The minimum atomic E-state index is -1.10. The van der Waals surface area contributed by atoms with Crippen LogP contribution in [0.3, 0.4) is 0 Å². The van der Waals surface area contributed by atoms with E-state index in [1.165, 1.54) is 12.1 Å². The number of halogens is 1. The van der Waals surface area contributed by atoms with Gasteiger partial charge in [0, 0.05) is 13.1 Å². The molecule has 0 bridgehead atoms. The highest BCUT2D eigenvalue weighted by Gasteiger charge is 2.31. The van der Waals surface area contributed by atoms with E-state index in [-0.39, 0.29) is 5.82 Å². The first-order valence-electron chi connectivity index (χ1n) is 10.1. The van der Waals surface area contributed by atoms with Crippen molar-refractivity contribution in [2.24, 2.45) is 11.8 Å². The molecule has 1 N–H and O–H groups in total. The summed E-state index contributed by atoms with van der Waals surface area (Å²) >= 11 is 0. The zero-order chi connectivity index (χ0) is 19.9. The molecule has 0 aromatic heterocycles. The summed E-state index contributed by atoms with van der Waals surface area (Å²) in [6, 6.07) is 16.0. The Kier molecular flexibility index (Phi) is 8.00. The molecule has 0 aliphatic heterocycles. The first kappa shape index (κ1) is 21.6. The Morgan fingerprint density at radius 3 is 1.89 bits per heavy atom. The van der Waals surface area contributed by atoms with E-state index in [4.69, 9.17) is 0 Å². The van der Waals surface area contributed by atoms with E-state index in [2.05, 4.69) is 32.6 Å². The zero-order valence-electron chi connectivity index (χ0n) is 17.2. The van der Waals surface area contributed by atoms with Gasteiger partial charge in [-0.1, -0.05) is 70.2 Å². The summed E-state index contributed by atoms with van der Waals surface area (Å²) < 4.78 is 13.4. The van der Waals surface area contributed by atoms with Gasteiger partial charge < -0.3 is 10.0 Å². The zero-order valence-corrected chi connectivity index (χ0v) is 17.2. The van der Waals surface area contributed by atoms with E-state index in [0.717, 1.165) is 37.2 Å². The third kappa shape index (κ3) is 6.44. The van der Waals surface area contributed by atoms with Crippen molar-refractivity contribution in [3.63, 3.8) is 0 Å². The van der Waals surface area contributed by atoms with Gasteiger partial charge in [-0.05, 0) is 54.5 Å². The van der Waals surface area contributed by atoms with Crippen LogP contribution in [0.4, 0.5) is 4.39 Å². The van der Waals surface area contributed by atoms with Crippen LogP contribution in [0.25, 0.3) is 0 Å². The lowest BCUT2D eigenvalue weighted by atomic mass is 9.82. The SMILES string of the molecule is CC(C)CN(CCCC(O)(c1ccccc1)c1ccc(F)cc1)CC(C)C. The lowest BCUT2D eigenvalue weighted by Crippen LogP contribution is -2.34. The maximum atomic E-state index is 13.4. The smallest absolute Gasteiger partial charge is 0.123 e. The molecule has 0 aliphatic carbocycles. The van der Waals surface area contributed by atoms with E-state index >= 15 is 0 Å². The quantitative estimate of drug-likeness (QED) is 0.600. The van der Waals surface area contributed by atoms with Crippen LogP contribution < -0.4 is 0 Å². The van der Waals surface area contributed by atoms with Gasteiger partial charge in [0.1, 0.15) is 11.4 Å². The number of benzene rings is 2. The predicted octanol–water partition coefficient (Wildman–Crippen LogP) is 5.46. The topological polar surface area (TPSA) is 23.5 Å². The van der Waals surface area contributed by atoms with Gasteiger partial charge in [-0.2, -0.15) is 0 Å². The normalized spacial score (nSPS) is 14.1. The second-order valence-electron chi connectivity index (χ2n) is 8.38. The first-order chi connectivity index (χ1) is 12.8. The maximum Gasteiger partial charge on any atom is 0.123 e. The van der Waals surface area contributed by atoms with Gasteiger partial charge in [0.2, 0.25) is 0 Å². The average molecular weight is 372 g/mol. The minimum Gasteiger partial charge on any atom is -0.380 e. The summed E-state index contributed by atoms with van der Waals surface area (Å²) in [5.41, 5.74) is 0.501. The van der Waals surface area contributed by atoms with Gasteiger partial charge >= 0.3 is 0 Å². The van der Waals surface area contributed by atoms with Crippen LogP contribution in [-0.2, 0) is 5.60 Å². The molecule has 0 saturated carbocycles. The van der Waals surface area contributed by atoms with Crippen LogP contribution in [0.2, 0.25) is 0 Å². The second kappa shape index (κ2) is 10.0. The Morgan fingerprint density at radius 1 is 0.852 bits per heavy atom. The summed E-state index contributed by atoms with van der Waals surface area (Å²) in [6.07, 6.45) is 1.48. The highest BCUT2D eigenvalue weighted by Crippen LogP contribution is 2.34. The number of nitrogens with zero attached hydrogens (tertiary/aromatic N) is 1. The largest absolute Gasteiger partial charge is 0.380 e. The Labute approximate surface area is 164 Å². The molecule has 2 rings (SSSR count). The molecule has 0 spiro atoms. The average Bonchev–Trinajstić information content (AvgIpc) is 2.61. The van der Waals surface area contributed by atoms with Crippen molar-refractivity contribution in [1.82, 2.24) is 4.90 Å². The van der Waals surface area contributed by atoms with Crippen molar-refractivity contribution in [3.8, 4) is 0 Å². The molecular weight excluding hydrogens is 337 g/mol. The molecular formula is C24H34FNO. The third-order valence-electron chi connectivity index (χ3n) is 4.83. The van der Waals surface area contributed by atoms with Crippen molar-refractivity contribution in [2.45, 2.75) is 46.1 Å². The van der Waals surface area contributed by atoms with Crippen molar-refractivity contribution in [1.29, 1.82) is 0 Å². The van der Waals surface area contributed by atoms with Crippen molar-refractivity contribution in [3.05, 3.63) is 71.5 Å². The van der Waals surface area contributed by atoms with E-state index < -0.39 is 5.60 Å². The van der Waals surface area contributed by atoms with E-state index in [9.17, 15) is 9.50 Å². The van der Waals surface area contributed by atoms with Crippen molar-refractivity contribution < 1.29 is 9.50 Å². The van der Waals surface area contributed by atoms with E-state index in [0.29, 0.717) is 18.3 Å². The molecule has 1 atom stereocenters. The van der Waals surface area contributed by atoms with E-state index in [1.807, 2.05) is 30.3 Å². The summed E-state index contributed by atoms with van der Waals surface area (Å²) in [5.74, 6) is 0.955. The van der Waals surface area contributed by atoms with Gasteiger partial charge in [-0.3, -0.25) is 0 Å². The van der Waals surface area contributed by atoms with Crippen LogP contribution in [0.5, 0.6) is 0 Å². The monoisotopic (exact) mass is 371 g/mol. The lowest BCUT2D eigenvalue weighted by molar-refractivity contribution is 0.0635. The molecule has 1 unspecified atom stereocenters. The molecule has 2 aromatic rings. The lowest BCUT2D eigenvalue weighted by Gasteiger charge is -2.32. The van der Waals surface area contributed by atoms with E-state index in [1.54, 1.807) is 12.1 Å². The number of hydrogen-bond acceptors (Lipinski definition) is 2. The predicted molar refractivity (Wildman–Crippen MR) is 111 cm³/mol. The molecule has 2 aromatic carbocycles. The molecule has 3 heteroatoms. The highest BCUT2D eigenvalue weighted by atomic mass is 19.1. The summed E-state index contributed by atoms with van der Waals surface area (Å²) in [6.45, 7) is 12.1. The molecule has 148 valence electrons. The molecule has 0 fully saturated rings. The fraction of sp³-hybridized carbons (Fsp3) is 0.500. The Balaban J connectivity index is 2.16. The standard InChI is InChI=1S/C24H34FNO/c1-19(2)17-26(18-20(3)4)16-8-15-24(27,21-9-6-5-7-10-21)22-11-13-23(25)14-12-22/h5-7,9-14,19-20,27H,8,15-18H2,1-4H3. The van der Waals surface area contributed by atoms with Gasteiger partial charge in [-0.15, -0.1) is 0 Å². The molecule has 0 radical (unpaired) electrons. The molecule has 27 heavy (non-hydrogen) atoms. The molecule has 0 aliphatic rings. The Hall–Kier alpha value is -1.71. The Morgan fingerprint density at radius 2 is 1.37 bits per heavy atom. The van der Waals surface area contributed by atoms with Crippen LogP contribution in [0.15, 0.2) is 54.6 Å². The summed E-state index contributed by atoms with van der Waals surface area (Å²) in [5, 5.41) is 11.6. The Bertz CT molecular complexity index is 659. The maximum absolute atomic E-state index is 13.4.